The van der Waals surface area contributed by atoms with Crippen LogP contribution in [0.5, 0.6) is 0 Å². The van der Waals surface area contributed by atoms with Crippen molar-refractivity contribution in [3.63, 3.8) is 0 Å². The zero-order valence-electron chi connectivity index (χ0n) is 15.6. The van der Waals surface area contributed by atoms with Gasteiger partial charge in [0, 0.05) is 18.0 Å². The Balaban J connectivity index is 1.38. The average Bonchev–Trinajstić information content (AvgIpc) is 3.34. The summed E-state index contributed by atoms with van der Waals surface area (Å²) in [5, 5.41) is 4.16. The van der Waals surface area contributed by atoms with E-state index < -0.39 is 0 Å². The molecule has 2 fully saturated rings. The molecule has 0 aliphatic carbocycles. The van der Waals surface area contributed by atoms with Gasteiger partial charge in [-0.25, -0.2) is 0 Å². The molecule has 26 heavy (non-hydrogen) atoms. The molecule has 1 aromatic carbocycles. The van der Waals surface area contributed by atoms with E-state index >= 15 is 0 Å². The van der Waals surface area contributed by atoms with Gasteiger partial charge in [-0.2, -0.15) is 4.98 Å². The first-order valence-electron chi connectivity index (χ1n) is 9.57. The van der Waals surface area contributed by atoms with E-state index in [1.54, 1.807) is 0 Å². The van der Waals surface area contributed by atoms with Gasteiger partial charge in [0.2, 0.25) is 11.7 Å². The lowest BCUT2D eigenvalue weighted by molar-refractivity contribution is -0.101. The van der Waals surface area contributed by atoms with Gasteiger partial charge in [0.15, 0.2) is 6.29 Å². The van der Waals surface area contributed by atoms with E-state index in [0.29, 0.717) is 43.3 Å². The Hall–Kier alpha value is -1.76. The predicted octanol–water partition coefficient (Wildman–Crippen LogP) is 3.44. The lowest BCUT2D eigenvalue weighted by atomic mass is 9.97. The van der Waals surface area contributed by atoms with Gasteiger partial charge in [-0.1, -0.05) is 43.3 Å². The quantitative estimate of drug-likeness (QED) is 0.817. The summed E-state index contributed by atoms with van der Waals surface area (Å²) < 4.78 is 16.9. The van der Waals surface area contributed by atoms with Crippen LogP contribution in [0.4, 0.5) is 0 Å². The summed E-state index contributed by atoms with van der Waals surface area (Å²) in [7, 11) is 0. The molecule has 140 valence electrons. The molecule has 2 aromatic rings. The van der Waals surface area contributed by atoms with Crippen LogP contribution in [0.25, 0.3) is 11.4 Å². The molecule has 0 bridgehead atoms. The number of hydrogen-bond acceptors (Lipinski definition) is 6. The van der Waals surface area contributed by atoms with E-state index in [1.165, 1.54) is 5.56 Å². The van der Waals surface area contributed by atoms with Gasteiger partial charge < -0.3 is 14.0 Å². The second-order valence-corrected chi connectivity index (χ2v) is 7.54. The second-order valence-electron chi connectivity index (χ2n) is 7.54. The van der Waals surface area contributed by atoms with Crippen molar-refractivity contribution in [2.75, 3.05) is 26.3 Å². The first-order chi connectivity index (χ1) is 12.7. The van der Waals surface area contributed by atoms with Crippen LogP contribution in [0, 0.1) is 5.92 Å². The highest BCUT2D eigenvalue weighted by atomic mass is 16.7. The standard InChI is InChI=1S/C20H27N3O3/c1-14(2)15-5-7-16(8-6-15)19-21-18(26-22-19)13-23-9-3-4-17(12-23)20-24-10-11-25-20/h5-8,14,17,20H,3-4,9-13H2,1-2H3. The molecule has 0 N–H and O–H groups in total. The molecule has 2 saturated heterocycles. The molecule has 0 amide bonds. The Morgan fingerprint density at radius 1 is 1.15 bits per heavy atom. The fourth-order valence-electron chi connectivity index (χ4n) is 3.75. The Morgan fingerprint density at radius 2 is 1.92 bits per heavy atom. The number of aromatic nitrogens is 2. The largest absolute Gasteiger partial charge is 0.350 e. The third kappa shape index (κ3) is 3.98. The Kier molecular flexibility index (Phi) is 5.33. The molecule has 2 aliphatic heterocycles. The number of rotatable bonds is 5. The van der Waals surface area contributed by atoms with Gasteiger partial charge in [0.1, 0.15) is 0 Å². The van der Waals surface area contributed by atoms with Crippen LogP contribution < -0.4 is 0 Å². The zero-order chi connectivity index (χ0) is 17.9. The molecule has 6 nitrogen and oxygen atoms in total. The summed E-state index contributed by atoms with van der Waals surface area (Å²) in [6, 6.07) is 8.39. The van der Waals surface area contributed by atoms with Crippen molar-refractivity contribution in [3.8, 4) is 11.4 Å². The molecule has 0 spiro atoms. The summed E-state index contributed by atoms with van der Waals surface area (Å²) in [4.78, 5) is 6.95. The first kappa shape index (κ1) is 17.6. The summed E-state index contributed by atoms with van der Waals surface area (Å²) in [5.41, 5.74) is 2.31. The monoisotopic (exact) mass is 357 g/mol. The summed E-state index contributed by atoms with van der Waals surface area (Å²) in [5.74, 6) is 2.27. The fraction of sp³-hybridized carbons (Fsp3) is 0.600. The lowest BCUT2D eigenvalue weighted by Gasteiger charge is -2.33. The van der Waals surface area contributed by atoms with Crippen LogP contribution in [-0.2, 0) is 16.0 Å². The molecule has 2 aliphatic rings. The van der Waals surface area contributed by atoms with Crippen molar-refractivity contribution < 1.29 is 14.0 Å². The van der Waals surface area contributed by atoms with E-state index in [9.17, 15) is 0 Å². The minimum Gasteiger partial charge on any atom is -0.350 e. The number of piperidine rings is 1. The molecular weight excluding hydrogens is 330 g/mol. The van der Waals surface area contributed by atoms with Crippen molar-refractivity contribution in [2.24, 2.45) is 5.92 Å². The highest BCUT2D eigenvalue weighted by molar-refractivity contribution is 5.54. The van der Waals surface area contributed by atoms with Crippen molar-refractivity contribution in [3.05, 3.63) is 35.7 Å². The van der Waals surface area contributed by atoms with Crippen LogP contribution >= 0.6 is 0 Å². The highest BCUT2D eigenvalue weighted by Gasteiger charge is 2.31. The molecule has 1 unspecified atom stereocenters. The molecule has 1 aromatic heterocycles. The molecule has 6 heteroatoms. The maximum absolute atomic E-state index is 5.68. The van der Waals surface area contributed by atoms with Crippen molar-refractivity contribution in [2.45, 2.75) is 45.4 Å². The van der Waals surface area contributed by atoms with Gasteiger partial charge in [-0.3, -0.25) is 4.90 Å². The second kappa shape index (κ2) is 7.86. The molecule has 3 heterocycles. The van der Waals surface area contributed by atoms with Crippen molar-refractivity contribution in [1.29, 1.82) is 0 Å². The van der Waals surface area contributed by atoms with Crippen LogP contribution in [0.15, 0.2) is 28.8 Å². The van der Waals surface area contributed by atoms with E-state index in [-0.39, 0.29) is 6.29 Å². The average molecular weight is 357 g/mol. The SMILES string of the molecule is CC(C)c1ccc(-c2noc(CN3CCCC(C4OCCO4)C3)n2)cc1. The van der Waals surface area contributed by atoms with Crippen LogP contribution in [0.3, 0.4) is 0 Å². The highest BCUT2D eigenvalue weighted by Crippen LogP contribution is 2.26. The molecular formula is C20H27N3O3. The van der Waals surface area contributed by atoms with E-state index in [1.807, 2.05) is 0 Å². The van der Waals surface area contributed by atoms with Gasteiger partial charge in [0.05, 0.1) is 19.8 Å². The number of nitrogens with zero attached hydrogens (tertiary/aromatic N) is 3. The Labute approximate surface area is 154 Å². The van der Waals surface area contributed by atoms with Crippen molar-refractivity contribution >= 4 is 0 Å². The normalized spacial score (nSPS) is 22.3. The first-order valence-corrected chi connectivity index (χ1v) is 9.57. The lowest BCUT2D eigenvalue weighted by Crippen LogP contribution is -2.40. The van der Waals surface area contributed by atoms with Crippen LogP contribution in [-0.4, -0.2) is 47.6 Å². The maximum Gasteiger partial charge on any atom is 0.241 e. The van der Waals surface area contributed by atoms with E-state index in [2.05, 4.69) is 53.2 Å². The number of ether oxygens (including phenoxy) is 2. The summed E-state index contributed by atoms with van der Waals surface area (Å²) >= 11 is 0. The molecule has 4 rings (SSSR count). The third-order valence-electron chi connectivity index (χ3n) is 5.24. The number of benzene rings is 1. The van der Waals surface area contributed by atoms with Crippen molar-refractivity contribution in [1.82, 2.24) is 15.0 Å². The topological polar surface area (TPSA) is 60.6 Å². The predicted molar refractivity (Wildman–Crippen MR) is 97.5 cm³/mol. The van der Waals surface area contributed by atoms with Gasteiger partial charge in [-0.05, 0) is 30.9 Å². The Bertz CT molecular complexity index is 707. The number of hydrogen-bond donors (Lipinski definition) is 0. The zero-order valence-corrected chi connectivity index (χ0v) is 15.6. The van der Waals surface area contributed by atoms with Gasteiger partial charge in [0.25, 0.3) is 0 Å². The molecule has 1 atom stereocenters. The Morgan fingerprint density at radius 3 is 2.65 bits per heavy atom. The smallest absolute Gasteiger partial charge is 0.241 e. The van der Waals surface area contributed by atoms with E-state index in [0.717, 1.165) is 31.5 Å². The number of likely N-dealkylation sites (tertiary alicyclic amines) is 1. The fourth-order valence-corrected chi connectivity index (χ4v) is 3.75. The molecule has 0 saturated carbocycles. The minimum absolute atomic E-state index is 0.0458. The summed E-state index contributed by atoms with van der Waals surface area (Å²) in [6.07, 6.45) is 2.25. The van der Waals surface area contributed by atoms with Crippen LogP contribution in [0.2, 0.25) is 0 Å². The minimum atomic E-state index is -0.0458. The third-order valence-corrected chi connectivity index (χ3v) is 5.24. The maximum atomic E-state index is 5.68. The van der Waals surface area contributed by atoms with E-state index in [4.69, 9.17) is 14.0 Å². The van der Waals surface area contributed by atoms with Gasteiger partial charge >= 0.3 is 0 Å². The molecule has 0 radical (unpaired) electrons. The summed E-state index contributed by atoms with van der Waals surface area (Å²) in [6.45, 7) is 8.48. The van der Waals surface area contributed by atoms with Crippen LogP contribution in [0.1, 0.15) is 44.1 Å². The van der Waals surface area contributed by atoms with Gasteiger partial charge in [-0.15, -0.1) is 0 Å².